The van der Waals surface area contributed by atoms with Crippen LogP contribution in [-0.2, 0) is 6.42 Å². The van der Waals surface area contributed by atoms with Crippen LogP contribution in [-0.4, -0.2) is 4.83 Å². The predicted octanol–water partition coefficient (Wildman–Crippen LogP) is 4.59. The maximum absolute atomic E-state index is 13.4. The molecule has 0 bridgehead atoms. The molecule has 0 aromatic heterocycles. The zero-order valence-corrected chi connectivity index (χ0v) is 10.4. The largest absolute Gasteiger partial charge is 0.205 e. The number of rotatable bonds is 4. The summed E-state index contributed by atoms with van der Waals surface area (Å²) in [5.41, 5.74) is 0.704. The SMILES string of the molecule is CCC(Br)CCc1cccc(Cl)c1F. The van der Waals surface area contributed by atoms with Crippen LogP contribution in [0.3, 0.4) is 0 Å². The molecular weight excluding hydrogens is 266 g/mol. The van der Waals surface area contributed by atoms with Crippen molar-refractivity contribution in [2.75, 3.05) is 0 Å². The van der Waals surface area contributed by atoms with Gasteiger partial charge in [0.25, 0.3) is 0 Å². The molecule has 14 heavy (non-hydrogen) atoms. The fourth-order valence-electron chi connectivity index (χ4n) is 1.26. The van der Waals surface area contributed by atoms with Crippen LogP contribution >= 0.6 is 27.5 Å². The Hall–Kier alpha value is -0.0800. The zero-order valence-electron chi connectivity index (χ0n) is 8.06. The molecule has 0 N–H and O–H groups in total. The molecule has 0 aliphatic carbocycles. The molecule has 78 valence electrons. The van der Waals surface area contributed by atoms with E-state index < -0.39 is 0 Å². The van der Waals surface area contributed by atoms with Gasteiger partial charge in [-0.15, -0.1) is 0 Å². The first-order valence-corrected chi connectivity index (χ1v) is 6.01. The number of aryl methyl sites for hydroxylation is 1. The van der Waals surface area contributed by atoms with E-state index in [0.29, 0.717) is 10.4 Å². The quantitative estimate of drug-likeness (QED) is 0.707. The van der Waals surface area contributed by atoms with Crippen LogP contribution < -0.4 is 0 Å². The molecule has 1 rings (SSSR count). The summed E-state index contributed by atoms with van der Waals surface area (Å²) in [6.07, 6.45) is 2.73. The molecular formula is C11H13BrClF. The third-order valence-electron chi connectivity index (χ3n) is 2.20. The Kier molecular flexibility index (Phi) is 4.90. The summed E-state index contributed by atoms with van der Waals surface area (Å²) in [4.78, 5) is 0.459. The highest BCUT2D eigenvalue weighted by Gasteiger charge is 2.07. The van der Waals surface area contributed by atoms with Gasteiger partial charge in [0.05, 0.1) is 5.02 Å². The number of alkyl halides is 1. The van der Waals surface area contributed by atoms with Gasteiger partial charge in [0.1, 0.15) is 5.82 Å². The van der Waals surface area contributed by atoms with Gasteiger partial charge in [-0.3, -0.25) is 0 Å². The van der Waals surface area contributed by atoms with Crippen molar-refractivity contribution in [1.82, 2.24) is 0 Å². The van der Waals surface area contributed by atoms with Crippen LogP contribution in [0.4, 0.5) is 4.39 Å². The van der Waals surface area contributed by atoms with Crippen molar-refractivity contribution in [3.63, 3.8) is 0 Å². The Balaban J connectivity index is 2.63. The Labute approximate surface area is 97.6 Å². The smallest absolute Gasteiger partial charge is 0.144 e. The van der Waals surface area contributed by atoms with E-state index in [1.54, 1.807) is 18.2 Å². The fraction of sp³-hybridized carbons (Fsp3) is 0.455. The van der Waals surface area contributed by atoms with E-state index in [1.807, 2.05) is 0 Å². The van der Waals surface area contributed by atoms with E-state index in [9.17, 15) is 4.39 Å². The molecule has 0 saturated carbocycles. The fourth-order valence-corrected chi connectivity index (χ4v) is 1.68. The van der Waals surface area contributed by atoms with E-state index in [1.165, 1.54) is 0 Å². The van der Waals surface area contributed by atoms with Crippen LogP contribution in [0.5, 0.6) is 0 Å². The molecule has 3 heteroatoms. The molecule has 0 heterocycles. The molecule has 1 aromatic rings. The van der Waals surface area contributed by atoms with Gasteiger partial charge in [0.15, 0.2) is 0 Å². The van der Waals surface area contributed by atoms with Gasteiger partial charge in [0, 0.05) is 4.83 Å². The number of hydrogen-bond acceptors (Lipinski definition) is 0. The van der Waals surface area contributed by atoms with Crippen LogP contribution in [0.2, 0.25) is 5.02 Å². The summed E-state index contributed by atoms with van der Waals surface area (Å²) in [7, 11) is 0. The van der Waals surface area contributed by atoms with Gasteiger partial charge in [-0.2, -0.15) is 0 Å². The third kappa shape index (κ3) is 3.25. The molecule has 1 atom stereocenters. The molecule has 0 fully saturated rings. The Morgan fingerprint density at radius 1 is 1.50 bits per heavy atom. The minimum absolute atomic E-state index is 0.213. The van der Waals surface area contributed by atoms with Crippen LogP contribution in [0, 0.1) is 5.82 Å². The average Bonchev–Trinajstić information content (AvgIpc) is 2.20. The molecule has 0 nitrogen and oxygen atoms in total. The van der Waals surface area contributed by atoms with Gasteiger partial charge in [-0.1, -0.05) is 46.6 Å². The maximum Gasteiger partial charge on any atom is 0.144 e. The first-order valence-electron chi connectivity index (χ1n) is 4.72. The summed E-state index contributed by atoms with van der Waals surface area (Å²) in [6.45, 7) is 2.10. The summed E-state index contributed by atoms with van der Waals surface area (Å²) in [5, 5.41) is 0.213. The summed E-state index contributed by atoms with van der Waals surface area (Å²) in [5.74, 6) is -0.273. The van der Waals surface area contributed by atoms with E-state index in [4.69, 9.17) is 11.6 Å². The molecule has 0 aliphatic rings. The number of benzene rings is 1. The van der Waals surface area contributed by atoms with Gasteiger partial charge in [0.2, 0.25) is 0 Å². The minimum atomic E-state index is -0.273. The van der Waals surface area contributed by atoms with Gasteiger partial charge in [-0.05, 0) is 30.9 Å². The summed E-state index contributed by atoms with van der Waals surface area (Å²) in [6, 6.07) is 5.15. The molecule has 1 aromatic carbocycles. The third-order valence-corrected chi connectivity index (χ3v) is 3.60. The highest BCUT2D eigenvalue weighted by Crippen LogP contribution is 2.21. The Morgan fingerprint density at radius 2 is 2.21 bits per heavy atom. The van der Waals surface area contributed by atoms with E-state index >= 15 is 0 Å². The standard InChI is InChI=1S/C11H13BrClF/c1-2-9(12)7-6-8-4-3-5-10(13)11(8)14/h3-5,9H,2,6-7H2,1H3. The zero-order chi connectivity index (χ0) is 10.6. The average molecular weight is 280 g/mol. The van der Waals surface area contributed by atoms with E-state index in [-0.39, 0.29) is 10.8 Å². The van der Waals surface area contributed by atoms with Crippen molar-refractivity contribution in [3.05, 3.63) is 34.6 Å². The monoisotopic (exact) mass is 278 g/mol. The molecule has 0 amide bonds. The van der Waals surface area contributed by atoms with Crippen molar-refractivity contribution in [2.45, 2.75) is 31.0 Å². The predicted molar refractivity (Wildman–Crippen MR) is 62.7 cm³/mol. The topological polar surface area (TPSA) is 0 Å². The number of halogens is 3. The highest BCUT2D eigenvalue weighted by molar-refractivity contribution is 9.09. The van der Waals surface area contributed by atoms with Crippen LogP contribution in [0.15, 0.2) is 18.2 Å². The van der Waals surface area contributed by atoms with Crippen LogP contribution in [0.25, 0.3) is 0 Å². The van der Waals surface area contributed by atoms with Crippen molar-refractivity contribution in [1.29, 1.82) is 0 Å². The lowest BCUT2D eigenvalue weighted by Crippen LogP contribution is -1.99. The summed E-state index contributed by atoms with van der Waals surface area (Å²) >= 11 is 9.20. The second-order valence-electron chi connectivity index (χ2n) is 3.26. The lowest BCUT2D eigenvalue weighted by atomic mass is 10.1. The van der Waals surface area contributed by atoms with Gasteiger partial charge >= 0.3 is 0 Å². The second kappa shape index (κ2) is 5.72. The molecule has 0 spiro atoms. The summed E-state index contributed by atoms with van der Waals surface area (Å²) < 4.78 is 13.4. The van der Waals surface area contributed by atoms with Crippen molar-refractivity contribution in [3.8, 4) is 0 Å². The lowest BCUT2D eigenvalue weighted by Gasteiger charge is -2.07. The number of hydrogen-bond donors (Lipinski definition) is 0. The molecule has 1 unspecified atom stereocenters. The molecule has 0 aliphatic heterocycles. The lowest BCUT2D eigenvalue weighted by molar-refractivity contribution is 0.602. The van der Waals surface area contributed by atoms with Crippen molar-refractivity contribution in [2.24, 2.45) is 0 Å². The van der Waals surface area contributed by atoms with Crippen molar-refractivity contribution >= 4 is 27.5 Å². The second-order valence-corrected chi connectivity index (χ2v) is 4.96. The maximum atomic E-state index is 13.4. The van der Waals surface area contributed by atoms with Gasteiger partial charge < -0.3 is 0 Å². The minimum Gasteiger partial charge on any atom is -0.205 e. The Morgan fingerprint density at radius 3 is 2.86 bits per heavy atom. The molecule has 0 radical (unpaired) electrons. The van der Waals surface area contributed by atoms with Gasteiger partial charge in [-0.25, -0.2) is 4.39 Å². The highest BCUT2D eigenvalue weighted by atomic mass is 79.9. The van der Waals surface area contributed by atoms with Crippen LogP contribution in [0.1, 0.15) is 25.3 Å². The normalized spacial score (nSPS) is 12.9. The Bertz CT molecular complexity index is 301. The molecule has 0 saturated heterocycles. The first-order chi connectivity index (χ1) is 6.65. The van der Waals surface area contributed by atoms with Crippen molar-refractivity contribution < 1.29 is 4.39 Å². The first kappa shape index (κ1) is 12.0. The van der Waals surface area contributed by atoms with E-state index in [0.717, 1.165) is 19.3 Å². The van der Waals surface area contributed by atoms with E-state index in [2.05, 4.69) is 22.9 Å².